The molecule has 0 atom stereocenters. The standard InChI is InChI=1S/C17H22ClN3O2/c1-17(2,3)23-16(22)20-10-8-12(9-11-20)21-14-7-5-4-6-13(14)15(18)19-21/h4-7,12H,8-11H2,1-3H3. The maximum Gasteiger partial charge on any atom is 0.410 e. The molecule has 1 aromatic heterocycles. The number of fused-ring (bicyclic) bond motifs is 1. The van der Waals surface area contributed by atoms with Crippen molar-refractivity contribution in [2.24, 2.45) is 0 Å². The zero-order valence-corrected chi connectivity index (χ0v) is 14.5. The molecule has 1 aliphatic rings. The minimum Gasteiger partial charge on any atom is -0.444 e. The molecule has 0 N–H and O–H groups in total. The molecule has 23 heavy (non-hydrogen) atoms. The Kier molecular flexibility index (Phi) is 4.23. The Bertz CT molecular complexity index is 712. The molecule has 0 aliphatic carbocycles. The van der Waals surface area contributed by atoms with Crippen LogP contribution in [0.2, 0.25) is 5.15 Å². The fraction of sp³-hybridized carbons (Fsp3) is 0.529. The molecule has 1 aliphatic heterocycles. The van der Waals surface area contributed by atoms with Gasteiger partial charge in [-0.15, -0.1) is 0 Å². The van der Waals surface area contributed by atoms with Crippen molar-refractivity contribution in [3.05, 3.63) is 29.4 Å². The number of carbonyl (C=O) groups is 1. The molecule has 1 amide bonds. The Hall–Kier alpha value is -1.75. The first-order valence-corrected chi connectivity index (χ1v) is 8.33. The molecule has 5 nitrogen and oxygen atoms in total. The quantitative estimate of drug-likeness (QED) is 0.782. The first kappa shape index (κ1) is 16.1. The van der Waals surface area contributed by atoms with E-state index in [2.05, 4.69) is 5.10 Å². The molecular weight excluding hydrogens is 314 g/mol. The highest BCUT2D eigenvalue weighted by atomic mass is 35.5. The molecule has 2 aromatic rings. The number of para-hydroxylation sites is 1. The number of rotatable bonds is 1. The van der Waals surface area contributed by atoms with Gasteiger partial charge in [0, 0.05) is 18.5 Å². The summed E-state index contributed by atoms with van der Waals surface area (Å²) >= 11 is 6.23. The summed E-state index contributed by atoms with van der Waals surface area (Å²) in [4.78, 5) is 13.9. The summed E-state index contributed by atoms with van der Waals surface area (Å²) in [5, 5.41) is 6.00. The van der Waals surface area contributed by atoms with Gasteiger partial charge < -0.3 is 9.64 Å². The summed E-state index contributed by atoms with van der Waals surface area (Å²) in [6, 6.07) is 8.23. The highest BCUT2D eigenvalue weighted by molar-refractivity contribution is 6.34. The lowest BCUT2D eigenvalue weighted by atomic mass is 10.1. The Morgan fingerprint density at radius 3 is 2.57 bits per heavy atom. The van der Waals surface area contributed by atoms with Gasteiger partial charge in [0.15, 0.2) is 5.15 Å². The van der Waals surface area contributed by atoms with E-state index in [1.807, 2.05) is 49.7 Å². The molecule has 0 bridgehead atoms. The molecule has 0 unspecified atom stereocenters. The van der Waals surface area contributed by atoms with Crippen molar-refractivity contribution in [2.75, 3.05) is 13.1 Å². The van der Waals surface area contributed by atoms with Crippen LogP contribution >= 0.6 is 11.6 Å². The van der Waals surface area contributed by atoms with Gasteiger partial charge in [-0.3, -0.25) is 4.68 Å². The molecule has 2 heterocycles. The van der Waals surface area contributed by atoms with E-state index in [-0.39, 0.29) is 12.1 Å². The van der Waals surface area contributed by atoms with Gasteiger partial charge in [-0.05, 0) is 45.7 Å². The van der Waals surface area contributed by atoms with E-state index >= 15 is 0 Å². The smallest absolute Gasteiger partial charge is 0.410 e. The second-order valence-electron chi connectivity index (χ2n) is 6.95. The van der Waals surface area contributed by atoms with Crippen LogP contribution in [0.15, 0.2) is 24.3 Å². The van der Waals surface area contributed by atoms with E-state index in [4.69, 9.17) is 16.3 Å². The van der Waals surface area contributed by atoms with Gasteiger partial charge in [-0.2, -0.15) is 5.10 Å². The normalized spacial score (nSPS) is 16.8. The molecule has 1 saturated heterocycles. The Morgan fingerprint density at radius 2 is 1.91 bits per heavy atom. The van der Waals surface area contributed by atoms with E-state index in [1.54, 1.807) is 4.90 Å². The lowest BCUT2D eigenvalue weighted by molar-refractivity contribution is 0.0186. The third kappa shape index (κ3) is 3.44. The van der Waals surface area contributed by atoms with Gasteiger partial charge in [0.1, 0.15) is 5.60 Å². The molecule has 0 radical (unpaired) electrons. The van der Waals surface area contributed by atoms with Crippen LogP contribution < -0.4 is 0 Å². The van der Waals surface area contributed by atoms with E-state index in [0.717, 1.165) is 23.7 Å². The second kappa shape index (κ2) is 6.04. The number of hydrogen-bond donors (Lipinski definition) is 0. The number of halogens is 1. The van der Waals surface area contributed by atoms with Gasteiger partial charge in [0.25, 0.3) is 0 Å². The maximum atomic E-state index is 12.1. The molecule has 124 valence electrons. The number of ether oxygens (including phenoxy) is 1. The van der Waals surface area contributed by atoms with Crippen molar-refractivity contribution in [3.8, 4) is 0 Å². The van der Waals surface area contributed by atoms with Crippen molar-refractivity contribution in [1.29, 1.82) is 0 Å². The van der Waals surface area contributed by atoms with Crippen LogP contribution in [0, 0.1) is 0 Å². The summed E-state index contributed by atoms with van der Waals surface area (Å²) < 4.78 is 7.44. The number of hydrogen-bond acceptors (Lipinski definition) is 3. The average Bonchev–Trinajstić information content (AvgIpc) is 2.83. The van der Waals surface area contributed by atoms with Crippen LogP contribution in [0.25, 0.3) is 10.9 Å². The number of nitrogens with zero attached hydrogens (tertiary/aromatic N) is 3. The number of aromatic nitrogens is 2. The molecule has 6 heteroatoms. The summed E-state index contributed by atoms with van der Waals surface area (Å²) in [5.41, 5.74) is 0.591. The summed E-state index contributed by atoms with van der Waals surface area (Å²) in [6.07, 6.45) is 1.46. The van der Waals surface area contributed by atoms with E-state index < -0.39 is 5.60 Å². The Morgan fingerprint density at radius 1 is 1.26 bits per heavy atom. The molecule has 0 spiro atoms. The number of carbonyl (C=O) groups excluding carboxylic acids is 1. The fourth-order valence-electron chi connectivity index (χ4n) is 2.95. The van der Waals surface area contributed by atoms with E-state index in [1.165, 1.54) is 0 Å². The van der Waals surface area contributed by atoms with Crippen LogP contribution in [0.5, 0.6) is 0 Å². The first-order valence-electron chi connectivity index (χ1n) is 7.96. The summed E-state index contributed by atoms with van der Waals surface area (Å²) in [7, 11) is 0. The van der Waals surface area contributed by atoms with Crippen LogP contribution in [0.1, 0.15) is 39.7 Å². The molecule has 0 saturated carbocycles. The predicted molar refractivity (Wildman–Crippen MR) is 90.8 cm³/mol. The van der Waals surface area contributed by atoms with Gasteiger partial charge >= 0.3 is 6.09 Å². The summed E-state index contributed by atoms with van der Waals surface area (Å²) in [6.45, 7) is 7.00. The van der Waals surface area contributed by atoms with Crippen LogP contribution in [-0.2, 0) is 4.74 Å². The monoisotopic (exact) mass is 335 g/mol. The lowest BCUT2D eigenvalue weighted by Gasteiger charge is -2.33. The van der Waals surface area contributed by atoms with Gasteiger partial charge in [0.2, 0.25) is 0 Å². The number of likely N-dealkylation sites (tertiary alicyclic amines) is 1. The van der Waals surface area contributed by atoms with Gasteiger partial charge in [0.05, 0.1) is 11.6 Å². The van der Waals surface area contributed by atoms with E-state index in [0.29, 0.717) is 18.2 Å². The average molecular weight is 336 g/mol. The van der Waals surface area contributed by atoms with Crippen molar-refractivity contribution >= 4 is 28.6 Å². The number of benzene rings is 1. The van der Waals surface area contributed by atoms with Crippen LogP contribution in [-0.4, -0.2) is 39.5 Å². The third-order valence-corrected chi connectivity index (χ3v) is 4.31. The minimum atomic E-state index is -0.459. The lowest BCUT2D eigenvalue weighted by Crippen LogP contribution is -2.42. The zero-order chi connectivity index (χ0) is 16.6. The third-order valence-electron chi connectivity index (χ3n) is 4.03. The largest absolute Gasteiger partial charge is 0.444 e. The predicted octanol–water partition coefficient (Wildman–Crippen LogP) is 4.26. The fourth-order valence-corrected chi connectivity index (χ4v) is 3.19. The maximum absolute atomic E-state index is 12.1. The highest BCUT2D eigenvalue weighted by Gasteiger charge is 2.28. The second-order valence-corrected chi connectivity index (χ2v) is 7.31. The van der Waals surface area contributed by atoms with E-state index in [9.17, 15) is 4.79 Å². The first-order chi connectivity index (χ1) is 10.8. The van der Waals surface area contributed by atoms with Crippen molar-refractivity contribution < 1.29 is 9.53 Å². The number of piperidine rings is 1. The highest BCUT2D eigenvalue weighted by Crippen LogP contribution is 2.30. The van der Waals surface area contributed by atoms with Gasteiger partial charge in [-0.25, -0.2) is 4.79 Å². The molecular formula is C17H22ClN3O2. The molecule has 1 aromatic carbocycles. The topological polar surface area (TPSA) is 47.4 Å². The van der Waals surface area contributed by atoms with Crippen molar-refractivity contribution in [3.63, 3.8) is 0 Å². The summed E-state index contributed by atoms with van der Waals surface area (Å²) in [5.74, 6) is 0. The minimum absolute atomic E-state index is 0.237. The number of amides is 1. The van der Waals surface area contributed by atoms with Crippen molar-refractivity contribution in [1.82, 2.24) is 14.7 Å². The van der Waals surface area contributed by atoms with Crippen LogP contribution in [0.3, 0.4) is 0 Å². The Labute approximate surface area is 141 Å². The molecule has 1 fully saturated rings. The zero-order valence-electron chi connectivity index (χ0n) is 13.8. The van der Waals surface area contributed by atoms with Gasteiger partial charge in [-0.1, -0.05) is 23.7 Å². The SMILES string of the molecule is CC(C)(C)OC(=O)N1CCC(n2nc(Cl)c3ccccc32)CC1. The molecule has 3 rings (SSSR count). The van der Waals surface area contributed by atoms with Crippen LogP contribution in [0.4, 0.5) is 4.79 Å². The van der Waals surface area contributed by atoms with Crippen molar-refractivity contribution in [2.45, 2.75) is 45.3 Å². The Balaban J connectivity index is 1.70.